The SMILES string of the molecule is COc1ccccc1C(N)CN1CCCC(C(C)C)CC1. The highest BCUT2D eigenvalue weighted by atomic mass is 16.5. The van der Waals surface area contributed by atoms with Crippen molar-refractivity contribution >= 4 is 0 Å². The Bertz CT molecular complexity index is 433. The molecule has 2 rings (SSSR count). The van der Waals surface area contributed by atoms with Crippen molar-refractivity contribution in [3.8, 4) is 5.75 Å². The Morgan fingerprint density at radius 2 is 2.00 bits per heavy atom. The Kier molecular flexibility index (Phi) is 6.07. The molecule has 118 valence electrons. The first kappa shape index (κ1) is 16.3. The van der Waals surface area contributed by atoms with E-state index in [2.05, 4.69) is 24.8 Å². The zero-order valence-corrected chi connectivity index (χ0v) is 13.7. The summed E-state index contributed by atoms with van der Waals surface area (Å²) in [5, 5.41) is 0. The van der Waals surface area contributed by atoms with E-state index in [1.807, 2.05) is 18.2 Å². The van der Waals surface area contributed by atoms with Gasteiger partial charge in [0.05, 0.1) is 7.11 Å². The molecule has 0 bridgehead atoms. The third-order valence-corrected chi connectivity index (χ3v) is 4.80. The summed E-state index contributed by atoms with van der Waals surface area (Å²) in [4.78, 5) is 2.53. The van der Waals surface area contributed by atoms with Crippen molar-refractivity contribution in [1.82, 2.24) is 4.90 Å². The molecule has 1 heterocycles. The van der Waals surface area contributed by atoms with Crippen molar-refractivity contribution in [1.29, 1.82) is 0 Å². The molecule has 2 N–H and O–H groups in total. The van der Waals surface area contributed by atoms with Gasteiger partial charge < -0.3 is 15.4 Å². The van der Waals surface area contributed by atoms with Gasteiger partial charge in [0.2, 0.25) is 0 Å². The number of ether oxygens (including phenoxy) is 1. The van der Waals surface area contributed by atoms with E-state index in [4.69, 9.17) is 10.5 Å². The Balaban J connectivity index is 1.95. The predicted octanol–water partition coefficient (Wildman–Crippen LogP) is 3.45. The van der Waals surface area contributed by atoms with Gasteiger partial charge in [-0.2, -0.15) is 0 Å². The second-order valence-corrected chi connectivity index (χ2v) is 6.58. The van der Waals surface area contributed by atoms with E-state index in [-0.39, 0.29) is 6.04 Å². The second kappa shape index (κ2) is 7.81. The maximum atomic E-state index is 6.43. The van der Waals surface area contributed by atoms with E-state index in [1.165, 1.54) is 32.4 Å². The standard InChI is InChI=1S/C18H30N2O/c1-14(2)15-7-6-11-20(12-10-15)13-17(19)16-8-4-5-9-18(16)21-3/h4-5,8-9,14-15,17H,6-7,10-13,19H2,1-3H3. The maximum Gasteiger partial charge on any atom is 0.123 e. The minimum Gasteiger partial charge on any atom is -0.496 e. The number of likely N-dealkylation sites (tertiary alicyclic amines) is 1. The first-order valence-corrected chi connectivity index (χ1v) is 8.22. The summed E-state index contributed by atoms with van der Waals surface area (Å²) < 4.78 is 5.43. The molecule has 0 saturated carbocycles. The van der Waals surface area contributed by atoms with Crippen molar-refractivity contribution in [3.05, 3.63) is 29.8 Å². The van der Waals surface area contributed by atoms with Crippen LogP contribution in [0.3, 0.4) is 0 Å². The van der Waals surface area contributed by atoms with E-state index >= 15 is 0 Å². The lowest BCUT2D eigenvalue weighted by molar-refractivity contribution is 0.255. The van der Waals surface area contributed by atoms with Crippen molar-refractivity contribution < 1.29 is 4.74 Å². The Hall–Kier alpha value is -1.06. The summed E-state index contributed by atoms with van der Waals surface area (Å²) in [7, 11) is 1.71. The van der Waals surface area contributed by atoms with Crippen LogP contribution in [-0.2, 0) is 0 Å². The Morgan fingerprint density at radius 3 is 2.71 bits per heavy atom. The molecule has 1 aromatic rings. The van der Waals surface area contributed by atoms with Gasteiger partial charge in [0.1, 0.15) is 5.75 Å². The normalized spacial score (nSPS) is 22.0. The van der Waals surface area contributed by atoms with Gasteiger partial charge in [-0.05, 0) is 50.3 Å². The van der Waals surface area contributed by atoms with Crippen molar-refractivity contribution in [2.24, 2.45) is 17.6 Å². The minimum atomic E-state index is 0.0248. The monoisotopic (exact) mass is 290 g/mol. The average Bonchev–Trinajstić information content (AvgIpc) is 2.72. The van der Waals surface area contributed by atoms with Gasteiger partial charge in [0.15, 0.2) is 0 Å². The highest BCUT2D eigenvalue weighted by molar-refractivity contribution is 5.35. The number of hydrogen-bond donors (Lipinski definition) is 1. The van der Waals surface area contributed by atoms with Crippen LogP contribution in [0.1, 0.15) is 44.7 Å². The van der Waals surface area contributed by atoms with Gasteiger partial charge in [-0.15, -0.1) is 0 Å². The molecule has 1 fully saturated rings. The van der Waals surface area contributed by atoms with E-state index in [0.717, 1.165) is 29.7 Å². The molecule has 1 aromatic carbocycles. The molecule has 0 aromatic heterocycles. The van der Waals surface area contributed by atoms with Gasteiger partial charge in [-0.25, -0.2) is 0 Å². The Morgan fingerprint density at radius 1 is 1.24 bits per heavy atom. The van der Waals surface area contributed by atoms with Crippen molar-refractivity contribution in [2.75, 3.05) is 26.7 Å². The molecule has 0 spiro atoms. The first-order chi connectivity index (χ1) is 10.1. The smallest absolute Gasteiger partial charge is 0.123 e. The number of nitrogens with zero attached hydrogens (tertiary/aromatic N) is 1. The molecular formula is C18H30N2O. The quantitative estimate of drug-likeness (QED) is 0.902. The number of nitrogens with two attached hydrogens (primary N) is 1. The molecule has 2 unspecified atom stereocenters. The fraction of sp³-hybridized carbons (Fsp3) is 0.667. The molecule has 0 radical (unpaired) electrons. The van der Waals surface area contributed by atoms with Crippen molar-refractivity contribution in [2.45, 2.75) is 39.2 Å². The largest absolute Gasteiger partial charge is 0.496 e. The summed E-state index contributed by atoms with van der Waals surface area (Å²) in [6.07, 6.45) is 3.95. The van der Waals surface area contributed by atoms with Gasteiger partial charge in [0.25, 0.3) is 0 Å². The zero-order valence-electron chi connectivity index (χ0n) is 13.7. The third-order valence-electron chi connectivity index (χ3n) is 4.80. The van der Waals surface area contributed by atoms with Gasteiger partial charge >= 0.3 is 0 Å². The molecule has 1 aliphatic heterocycles. The van der Waals surface area contributed by atoms with Crippen molar-refractivity contribution in [3.63, 3.8) is 0 Å². The van der Waals surface area contributed by atoms with Crippen LogP contribution in [0.25, 0.3) is 0 Å². The van der Waals surface area contributed by atoms with Crippen LogP contribution in [0.4, 0.5) is 0 Å². The molecule has 1 saturated heterocycles. The summed E-state index contributed by atoms with van der Waals surface area (Å²) in [6.45, 7) is 7.96. The topological polar surface area (TPSA) is 38.5 Å². The Labute approximate surface area is 129 Å². The predicted molar refractivity (Wildman–Crippen MR) is 88.5 cm³/mol. The van der Waals surface area contributed by atoms with E-state index in [9.17, 15) is 0 Å². The third kappa shape index (κ3) is 4.45. The number of para-hydroxylation sites is 1. The second-order valence-electron chi connectivity index (χ2n) is 6.58. The van der Waals surface area contributed by atoms with Crippen LogP contribution < -0.4 is 10.5 Å². The van der Waals surface area contributed by atoms with Gasteiger partial charge in [-0.3, -0.25) is 0 Å². The molecule has 21 heavy (non-hydrogen) atoms. The lowest BCUT2D eigenvalue weighted by atomic mass is 9.89. The lowest BCUT2D eigenvalue weighted by Gasteiger charge is -2.25. The van der Waals surface area contributed by atoms with E-state index in [0.29, 0.717) is 0 Å². The van der Waals surface area contributed by atoms with Crippen LogP contribution in [0, 0.1) is 11.8 Å². The zero-order chi connectivity index (χ0) is 15.2. The average molecular weight is 290 g/mol. The van der Waals surface area contributed by atoms with Crippen LogP contribution >= 0.6 is 0 Å². The molecule has 1 aliphatic rings. The van der Waals surface area contributed by atoms with Crippen LogP contribution in [0.15, 0.2) is 24.3 Å². The number of hydrogen-bond acceptors (Lipinski definition) is 3. The van der Waals surface area contributed by atoms with Crippen LogP contribution in [-0.4, -0.2) is 31.6 Å². The summed E-state index contributed by atoms with van der Waals surface area (Å²) in [5.74, 6) is 2.57. The van der Waals surface area contributed by atoms with Crippen LogP contribution in [0.2, 0.25) is 0 Å². The molecular weight excluding hydrogens is 260 g/mol. The lowest BCUT2D eigenvalue weighted by Crippen LogP contribution is -2.33. The van der Waals surface area contributed by atoms with Crippen LogP contribution in [0.5, 0.6) is 5.75 Å². The number of methoxy groups -OCH3 is 1. The summed E-state index contributed by atoms with van der Waals surface area (Å²) in [5.41, 5.74) is 7.54. The highest BCUT2D eigenvalue weighted by Crippen LogP contribution is 2.27. The minimum absolute atomic E-state index is 0.0248. The molecule has 0 aliphatic carbocycles. The first-order valence-electron chi connectivity index (χ1n) is 8.22. The summed E-state index contributed by atoms with van der Waals surface area (Å²) in [6, 6.07) is 8.13. The maximum absolute atomic E-state index is 6.43. The fourth-order valence-corrected chi connectivity index (χ4v) is 3.38. The number of rotatable bonds is 5. The molecule has 3 nitrogen and oxygen atoms in total. The van der Waals surface area contributed by atoms with E-state index in [1.54, 1.807) is 7.11 Å². The molecule has 0 amide bonds. The fourth-order valence-electron chi connectivity index (χ4n) is 3.38. The number of benzene rings is 1. The highest BCUT2D eigenvalue weighted by Gasteiger charge is 2.21. The van der Waals surface area contributed by atoms with Gasteiger partial charge in [0, 0.05) is 18.2 Å². The van der Waals surface area contributed by atoms with Gasteiger partial charge in [-0.1, -0.05) is 32.0 Å². The van der Waals surface area contributed by atoms with E-state index < -0.39 is 0 Å². The summed E-state index contributed by atoms with van der Waals surface area (Å²) >= 11 is 0. The molecule has 2 atom stereocenters. The molecule has 3 heteroatoms.